The van der Waals surface area contributed by atoms with Crippen LogP contribution in [-0.2, 0) is 6.42 Å². The van der Waals surface area contributed by atoms with Crippen molar-refractivity contribution in [3.63, 3.8) is 0 Å². The van der Waals surface area contributed by atoms with Gasteiger partial charge in [0.1, 0.15) is 0 Å². The highest BCUT2D eigenvalue weighted by molar-refractivity contribution is 5.97. The van der Waals surface area contributed by atoms with Crippen molar-refractivity contribution in [1.29, 1.82) is 0 Å². The Morgan fingerprint density at radius 1 is 1.33 bits per heavy atom. The number of amides is 1. The summed E-state index contributed by atoms with van der Waals surface area (Å²) in [6, 6.07) is 3.04. The van der Waals surface area contributed by atoms with E-state index in [0.717, 1.165) is 0 Å². The number of aromatic carboxylic acids is 1. The van der Waals surface area contributed by atoms with Gasteiger partial charge in [0.05, 0.1) is 5.56 Å². The number of carboxylic acid groups (broad SMARTS) is 1. The first kappa shape index (κ1) is 11.2. The second-order valence-electron chi connectivity index (χ2n) is 3.35. The fraction of sp³-hybridized carbons (Fsp3) is 0.273. The molecule has 0 aromatic heterocycles. The minimum Gasteiger partial charge on any atom is -0.478 e. The highest BCUT2D eigenvalue weighted by Gasteiger charge is 2.13. The zero-order valence-electron chi connectivity index (χ0n) is 8.70. The lowest BCUT2D eigenvalue weighted by Gasteiger charge is -2.08. The Morgan fingerprint density at radius 2 is 1.93 bits per heavy atom. The van der Waals surface area contributed by atoms with Crippen molar-refractivity contribution in [2.45, 2.75) is 20.3 Å². The number of rotatable bonds is 3. The van der Waals surface area contributed by atoms with E-state index in [1.165, 1.54) is 12.1 Å². The summed E-state index contributed by atoms with van der Waals surface area (Å²) in [5.74, 6) is -1.51. The number of carbonyl (C=O) groups excluding carboxylic acids is 1. The Bertz CT molecular complexity index is 424. The van der Waals surface area contributed by atoms with Gasteiger partial charge >= 0.3 is 5.97 Å². The van der Waals surface area contributed by atoms with Crippen LogP contribution in [0.25, 0.3) is 0 Å². The quantitative estimate of drug-likeness (QED) is 0.785. The molecule has 15 heavy (non-hydrogen) atoms. The molecule has 0 aliphatic rings. The zero-order valence-corrected chi connectivity index (χ0v) is 8.70. The first-order valence-corrected chi connectivity index (χ1v) is 4.64. The maximum Gasteiger partial charge on any atom is 0.335 e. The summed E-state index contributed by atoms with van der Waals surface area (Å²) in [4.78, 5) is 21.9. The Labute approximate surface area is 87.7 Å². The first-order valence-electron chi connectivity index (χ1n) is 4.64. The fourth-order valence-electron chi connectivity index (χ4n) is 1.51. The number of carbonyl (C=O) groups is 2. The lowest BCUT2D eigenvalue weighted by atomic mass is 9.97. The van der Waals surface area contributed by atoms with E-state index < -0.39 is 11.9 Å². The number of aryl methyl sites for hydroxylation is 2. The molecule has 0 bridgehead atoms. The topological polar surface area (TPSA) is 80.4 Å². The van der Waals surface area contributed by atoms with Crippen LogP contribution in [0.15, 0.2) is 12.1 Å². The van der Waals surface area contributed by atoms with Gasteiger partial charge in [0.15, 0.2) is 0 Å². The van der Waals surface area contributed by atoms with Gasteiger partial charge in [0, 0.05) is 5.56 Å². The van der Waals surface area contributed by atoms with Gasteiger partial charge in [0.2, 0.25) is 5.91 Å². The minimum absolute atomic E-state index is 0.219. The highest BCUT2D eigenvalue weighted by atomic mass is 16.4. The molecule has 0 radical (unpaired) electrons. The lowest BCUT2D eigenvalue weighted by molar-refractivity contribution is 0.0695. The smallest absolute Gasteiger partial charge is 0.335 e. The van der Waals surface area contributed by atoms with Crippen molar-refractivity contribution in [3.05, 3.63) is 34.4 Å². The van der Waals surface area contributed by atoms with Crippen LogP contribution in [0.1, 0.15) is 38.8 Å². The molecule has 0 aliphatic carbocycles. The number of nitrogens with two attached hydrogens (primary N) is 1. The summed E-state index contributed by atoms with van der Waals surface area (Å²) in [6.07, 6.45) is 0.582. The van der Waals surface area contributed by atoms with Crippen molar-refractivity contribution in [2.24, 2.45) is 5.73 Å². The Balaban J connectivity index is 3.42. The van der Waals surface area contributed by atoms with E-state index >= 15 is 0 Å². The monoisotopic (exact) mass is 207 g/mol. The van der Waals surface area contributed by atoms with Gasteiger partial charge < -0.3 is 10.8 Å². The van der Waals surface area contributed by atoms with Gasteiger partial charge in [-0.3, -0.25) is 4.79 Å². The van der Waals surface area contributed by atoms with Gasteiger partial charge in [-0.15, -0.1) is 0 Å². The van der Waals surface area contributed by atoms with Gasteiger partial charge in [-0.2, -0.15) is 0 Å². The molecule has 0 saturated carbocycles. The first-order chi connectivity index (χ1) is 6.97. The van der Waals surface area contributed by atoms with Crippen LogP contribution < -0.4 is 5.73 Å². The molecule has 0 atom stereocenters. The van der Waals surface area contributed by atoms with Crippen LogP contribution in [0.3, 0.4) is 0 Å². The van der Waals surface area contributed by atoms with Crippen LogP contribution in [0.2, 0.25) is 0 Å². The predicted molar refractivity (Wildman–Crippen MR) is 56.0 cm³/mol. The van der Waals surface area contributed by atoms with Crippen molar-refractivity contribution in [2.75, 3.05) is 0 Å². The van der Waals surface area contributed by atoms with Gasteiger partial charge in [-0.1, -0.05) is 6.92 Å². The van der Waals surface area contributed by atoms with Crippen molar-refractivity contribution < 1.29 is 14.7 Å². The zero-order chi connectivity index (χ0) is 11.6. The highest BCUT2D eigenvalue weighted by Crippen LogP contribution is 2.17. The molecule has 1 rings (SSSR count). The van der Waals surface area contributed by atoms with E-state index in [0.29, 0.717) is 23.1 Å². The van der Waals surface area contributed by atoms with Crippen LogP contribution in [0.5, 0.6) is 0 Å². The summed E-state index contributed by atoms with van der Waals surface area (Å²) in [7, 11) is 0. The van der Waals surface area contributed by atoms with E-state index in [1.54, 1.807) is 6.92 Å². The second-order valence-corrected chi connectivity index (χ2v) is 3.35. The van der Waals surface area contributed by atoms with Crippen molar-refractivity contribution in [3.8, 4) is 0 Å². The van der Waals surface area contributed by atoms with E-state index in [-0.39, 0.29) is 5.56 Å². The normalized spacial score (nSPS) is 10.0. The van der Waals surface area contributed by atoms with Crippen LogP contribution in [-0.4, -0.2) is 17.0 Å². The molecule has 0 fully saturated rings. The van der Waals surface area contributed by atoms with E-state index in [9.17, 15) is 9.59 Å². The molecule has 80 valence electrons. The number of carboxylic acids is 1. The molecule has 1 aromatic carbocycles. The molecule has 0 heterocycles. The number of benzene rings is 1. The van der Waals surface area contributed by atoms with Crippen LogP contribution in [0.4, 0.5) is 0 Å². The van der Waals surface area contributed by atoms with Gasteiger partial charge in [-0.05, 0) is 36.6 Å². The Morgan fingerprint density at radius 3 is 2.33 bits per heavy atom. The average molecular weight is 207 g/mol. The summed E-state index contributed by atoms with van der Waals surface area (Å²) in [6.45, 7) is 3.50. The second kappa shape index (κ2) is 4.13. The maximum absolute atomic E-state index is 11.1. The molecule has 1 amide bonds. The Hall–Kier alpha value is -1.84. The molecular formula is C11H13NO3. The molecule has 3 N–H and O–H groups in total. The number of hydrogen-bond acceptors (Lipinski definition) is 2. The molecule has 0 spiro atoms. The van der Waals surface area contributed by atoms with E-state index in [1.807, 2.05) is 6.92 Å². The molecule has 1 aromatic rings. The predicted octanol–water partition coefficient (Wildman–Crippen LogP) is 1.35. The van der Waals surface area contributed by atoms with Gasteiger partial charge in [0.25, 0.3) is 0 Å². The number of primary amides is 1. The minimum atomic E-state index is -0.988. The number of hydrogen-bond donors (Lipinski definition) is 2. The van der Waals surface area contributed by atoms with Gasteiger partial charge in [-0.25, -0.2) is 4.79 Å². The standard InChI is InChI=1S/C11H13NO3/c1-3-7-5-8(11(14)15)6(2)4-9(7)10(12)13/h4-5H,3H2,1-2H3,(H2,12,13)(H,14,15). The fourth-order valence-corrected chi connectivity index (χ4v) is 1.51. The largest absolute Gasteiger partial charge is 0.478 e. The average Bonchev–Trinajstić information content (AvgIpc) is 2.16. The van der Waals surface area contributed by atoms with E-state index in [4.69, 9.17) is 10.8 Å². The van der Waals surface area contributed by atoms with Crippen molar-refractivity contribution >= 4 is 11.9 Å². The SMILES string of the molecule is CCc1cc(C(=O)O)c(C)cc1C(N)=O. The third-order valence-electron chi connectivity index (χ3n) is 2.33. The summed E-state index contributed by atoms with van der Waals surface area (Å²) >= 11 is 0. The summed E-state index contributed by atoms with van der Waals surface area (Å²) in [5, 5.41) is 8.90. The molecule has 0 unspecified atom stereocenters. The molecule has 4 nitrogen and oxygen atoms in total. The molecule has 0 saturated heterocycles. The summed E-state index contributed by atoms with van der Waals surface area (Å²) < 4.78 is 0. The van der Waals surface area contributed by atoms with E-state index in [2.05, 4.69) is 0 Å². The lowest BCUT2D eigenvalue weighted by Crippen LogP contribution is -2.15. The van der Waals surface area contributed by atoms with Crippen LogP contribution in [0, 0.1) is 6.92 Å². The maximum atomic E-state index is 11.1. The molecule has 4 heteroatoms. The Kier molecular flexibility index (Phi) is 3.09. The third-order valence-corrected chi connectivity index (χ3v) is 2.33. The summed E-state index contributed by atoms with van der Waals surface area (Å²) in [5.41, 5.74) is 7.04. The molecular weight excluding hydrogens is 194 g/mol. The van der Waals surface area contributed by atoms with Crippen LogP contribution >= 0.6 is 0 Å². The van der Waals surface area contributed by atoms with Crippen molar-refractivity contribution in [1.82, 2.24) is 0 Å². The third kappa shape index (κ3) is 2.15. The molecule has 0 aliphatic heterocycles.